The van der Waals surface area contributed by atoms with E-state index >= 15 is 0 Å². The molecule has 114 valence electrons. The minimum absolute atomic E-state index is 0.160. The Balaban J connectivity index is 1.63. The Morgan fingerprint density at radius 2 is 2.27 bits per heavy atom. The van der Waals surface area contributed by atoms with Gasteiger partial charge in [0, 0.05) is 17.0 Å². The number of carbonyl (C=O) groups is 2. The van der Waals surface area contributed by atoms with E-state index in [0.29, 0.717) is 23.5 Å². The molecule has 5 nitrogen and oxygen atoms in total. The van der Waals surface area contributed by atoms with Gasteiger partial charge in [-0.3, -0.25) is 9.59 Å². The van der Waals surface area contributed by atoms with Crippen molar-refractivity contribution < 1.29 is 14.3 Å². The van der Waals surface area contributed by atoms with Crippen molar-refractivity contribution >= 4 is 28.8 Å². The van der Waals surface area contributed by atoms with E-state index in [9.17, 15) is 9.59 Å². The molecule has 1 aliphatic rings. The highest BCUT2D eigenvalue weighted by atomic mass is 32.1. The molecular formula is C16H16N2O3S. The summed E-state index contributed by atoms with van der Waals surface area (Å²) in [7, 11) is 0. The second-order valence-corrected chi connectivity index (χ2v) is 6.08. The highest BCUT2D eigenvalue weighted by Gasteiger charge is 2.24. The predicted octanol–water partition coefficient (Wildman–Crippen LogP) is 2.44. The fraction of sp³-hybridized carbons (Fsp3) is 0.250. The third-order valence-electron chi connectivity index (χ3n) is 3.41. The first kappa shape index (κ1) is 14.6. The second-order valence-electron chi connectivity index (χ2n) is 5.05. The van der Waals surface area contributed by atoms with Gasteiger partial charge in [-0.15, -0.1) is 11.3 Å². The molecule has 2 amide bonds. The van der Waals surface area contributed by atoms with Crippen LogP contribution in [0, 0.1) is 0 Å². The number of fused-ring (bicyclic) bond motifs is 1. The molecule has 2 heterocycles. The molecule has 1 aromatic carbocycles. The van der Waals surface area contributed by atoms with Gasteiger partial charge < -0.3 is 15.4 Å². The summed E-state index contributed by atoms with van der Waals surface area (Å²) in [5.74, 6) is 0.220. The Morgan fingerprint density at radius 3 is 3.05 bits per heavy atom. The molecule has 6 heteroatoms. The van der Waals surface area contributed by atoms with Crippen LogP contribution in [-0.2, 0) is 11.2 Å². The van der Waals surface area contributed by atoms with Gasteiger partial charge in [0.05, 0.1) is 5.69 Å². The molecule has 0 saturated carbocycles. The molecule has 0 fully saturated rings. The van der Waals surface area contributed by atoms with Crippen LogP contribution in [0.4, 0.5) is 5.69 Å². The Hall–Kier alpha value is -2.34. The lowest BCUT2D eigenvalue weighted by atomic mass is 10.1. The number of rotatable bonds is 4. The number of carbonyl (C=O) groups excluding carboxylic acids is 2. The van der Waals surface area contributed by atoms with Crippen molar-refractivity contribution in [2.75, 3.05) is 11.9 Å². The highest BCUT2D eigenvalue weighted by Crippen LogP contribution is 2.30. The number of anilines is 1. The van der Waals surface area contributed by atoms with Crippen LogP contribution in [-0.4, -0.2) is 24.5 Å². The summed E-state index contributed by atoms with van der Waals surface area (Å²) in [6.45, 7) is 2.26. The lowest BCUT2D eigenvalue weighted by Crippen LogP contribution is -2.34. The van der Waals surface area contributed by atoms with Crippen LogP contribution in [0.5, 0.6) is 5.75 Å². The monoisotopic (exact) mass is 316 g/mol. The topological polar surface area (TPSA) is 67.4 Å². The van der Waals surface area contributed by atoms with Gasteiger partial charge in [-0.2, -0.15) is 0 Å². The molecular weight excluding hydrogens is 300 g/mol. The number of thiophene rings is 1. The van der Waals surface area contributed by atoms with Crippen LogP contribution < -0.4 is 15.4 Å². The van der Waals surface area contributed by atoms with Gasteiger partial charge in [0.15, 0.2) is 6.10 Å². The van der Waals surface area contributed by atoms with Gasteiger partial charge in [0.25, 0.3) is 11.8 Å². The molecule has 2 aromatic rings. The van der Waals surface area contributed by atoms with Crippen molar-refractivity contribution in [3.05, 3.63) is 46.2 Å². The van der Waals surface area contributed by atoms with Gasteiger partial charge in [-0.25, -0.2) is 0 Å². The van der Waals surface area contributed by atoms with Crippen LogP contribution in [0.2, 0.25) is 0 Å². The van der Waals surface area contributed by atoms with Crippen LogP contribution in [0.15, 0.2) is 35.7 Å². The van der Waals surface area contributed by atoms with Crippen molar-refractivity contribution in [3.63, 3.8) is 0 Å². The van der Waals surface area contributed by atoms with Crippen molar-refractivity contribution in [1.82, 2.24) is 5.32 Å². The lowest BCUT2D eigenvalue weighted by Gasteiger charge is -2.23. The summed E-state index contributed by atoms with van der Waals surface area (Å²) >= 11 is 1.67. The maximum absolute atomic E-state index is 12.1. The van der Waals surface area contributed by atoms with Crippen LogP contribution in [0.1, 0.15) is 22.2 Å². The van der Waals surface area contributed by atoms with Crippen molar-refractivity contribution in [1.29, 1.82) is 0 Å². The average molecular weight is 316 g/mol. The van der Waals surface area contributed by atoms with E-state index < -0.39 is 6.10 Å². The largest absolute Gasteiger partial charge is 0.479 e. The van der Waals surface area contributed by atoms with E-state index in [1.807, 2.05) is 17.5 Å². The number of amides is 2. The molecule has 0 bridgehead atoms. The molecule has 3 rings (SSSR count). The van der Waals surface area contributed by atoms with E-state index in [1.54, 1.807) is 36.5 Å². The fourth-order valence-electron chi connectivity index (χ4n) is 2.21. The van der Waals surface area contributed by atoms with Crippen LogP contribution in [0.25, 0.3) is 0 Å². The van der Waals surface area contributed by atoms with Gasteiger partial charge in [0.2, 0.25) is 0 Å². The molecule has 1 aliphatic heterocycles. The third-order valence-corrected chi connectivity index (χ3v) is 4.35. The van der Waals surface area contributed by atoms with Gasteiger partial charge in [-0.1, -0.05) is 6.07 Å². The Labute approximate surface area is 132 Å². The Morgan fingerprint density at radius 1 is 1.41 bits per heavy atom. The number of nitrogens with one attached hydrogen (secondary N) is 2. The predicted molar refractivity (Wildman–Crippen MR) is 85.5 cm³/mol. The second kappa shape index (κ2) is 6.19. The number of hydrogen-bond acceptors (Lipinski definition) is 4. The van der Waals surface area contributed by atoms with Crippen molar-refractivity contribution in [2.24, 2.45) is 0 Å². The zero-order valence-corrected chi connectivity index (χ0v) is 12.9. The van der Waals surface area contributed by atoms with Gasteiger partial charge in [-0.05, 0) is 43.0 Å². The number of ether oxygens (including phenoxy) is 1. The highest BCUT2D eigenvalue weighted by molar-refractivity contribution is 7.09. The van der Waals surface area contributed by atoms with Gasteiger partial charge in [0.1, 0.15) is 5.75 Å². The zero-order chi connectivity index (χ0) is 15.5. The SMILES string of the molecule is CC1Oc2ccc(C(=O)NCCc3cccs3)cc2NC1=O. The normalized spacial score (nSPS) is 16.4. The summed E-state index contributed by atoms with van der Waals surface area (Å²) in [5, 5.41) is 7.64. The van der Waals surface area contributed by atoms with Crippen molar-refractivity contribution in [2.45, 2.75) is 19.4 Å². The minimum Gasteiger partial charge on any atom is -0.479 e. The molecule has 0 aliphatic carbocycles. The lowest BCUT2D eigenvalue weighted by molar-refractivity contribution is -0.122. The van der Waals surface area contributed by atoms with E-state index in [4.69, 9.17) is 4.74 Å². The molecule has 0 spiro atoms. The molecule has 22 heavy (non-hydrogen) atoms. The third kappa shape index (κ3) is 3.12. The first-order valence-corrected chi connectivity index (χ1v) is 7.93. The molecule has 1 aromatic heterocycles. The Bertz CT molecular complexity index is 697. The number of benzene rings is 1. The maximum Gasteiger partial charge on any atom is 0.265 e. The quantitative estimate of drug-likeness (QED) is 0.910. The molecule has 2 N–H and O–H groups in total. The van der Waals surface area contributed by atoms with E-state index in [-0.39, 0.29) is 11.8 Å². The summed E-state index contributed by atoms with van der Waals surface area (Å²) in [4.78, 5) is 25.0. The van der Waals surface area contributed by atoms with Gasteiger partial charge >= 0.3 is 0 Å². The zero-order valence-electron chi connectivity index (χ0n) is 12.1. The summed E-state index contributed by atoms with van der Waals surface area (Å²) in [6, 6.07) is 9.08. The first-order valence-electron chi connectivity index (χ1n) is 7.05. The first-order chi connectivity index (χ1) is 10.6. The molecule has 1 atom stereocenters. The van der Waals surface area contributed by atoms with Crippen molar-refractivity contribution in [3.8, 4) is 5.75 Å². The van der Waals surface area contributed by atoms with E-state index in [0.717, 1.165) is 6.42 Å². The molecule has 1 unspecified atom stereocenters. The standard InChI is InChI=1S/C16H16N2O3S/c1-10-15(19)18-13-9-11(4-5-14(13)21-10)16(20)17-7-6-12-3-2-8-22-12/h2-5,8-10H,6-7H2,1H3,(H,17,20)(H,18,19). The molecule has 0 saturated heterocycles. The minimum atomic E-state index is -0.516. The molecule has 0 radical (unpaired) electrons. The summed E-state index contributed by atoms with van der Waals surface area (Å²) in [5.41, 5.74) is 1.04. The maximum atomic E-state index is 12.1. The van der Waals surface area contributed by atoms with Crippen LogP contribution >= 0.6 is 11.3 Å². The van der Waals surface area contributed by atoms with E-state index in [2.05, 4.69) is 10.6 Å². The summed E-state index contributed by atoms with van der Waals surface area (Å²) < 4.78 is 5.47. The van der Waals surface area contributed by atoms with E-state index in [1.165, 1.54) is 4.88 Å². The smallest absolute Gasteiger partial charge is 0.265 e. The summed E-state index contributed by atoms with van der Waals surface area (Å²) in [6.07, 6.45) is 0.295. The van der Waals surface area contributed by atoms with Crippen LogP contribution in [0.3, 0.4) is 0 Å². The average Bonchev–Trinajstić information content (AvgIpc) is 3.01. The number of hydrogen-bond donors (Lipinski definition) is 2. The fourth-order valence-corrected chi connectivity index (χ4v) is 2.92. The Kier molecular flexibility index (Phi) is 4.11.